The Kier molecular flexibility index (Phi) is 4.44. The zero-order valence-electron chi connectivity index (χ0n) is 18.9. The van der Waals surface area contributed by atoms with Crippen LogP contribution < -0.4 is 11.2 Å². The number of imidazole rings is 2. The summed E-state index contributed by atoms with van der Waals surface area (Å²) in [5, 5.41) is 0. The molecule has 32 heavy (non-hydrogen) atoms. The maximum absolute atomic E-state index is 13.2. The molecule has 0 aliphatic carbocycles. The molecule has 0 aliphatic rings. The Labute approximate surface area is 184 Å². The van der Waals surface area contributed by atoms with Crippen molar-refractivity contribution in [3.63, 3.8) is 0 Å². The van der Waals surface area contributed by atoms with E-state index < -0.39 is 0 Å². The van der Waals surface area contributed by atoms with Gasteiger partial charge in [0.05, 0.1) is 11.4 Å². The van der Waals surface area contributed by atoms with Crippen LogP contribution in [0.1, 0.15) is 23.7 Å². The Balaban J connectivity index is 2.06. The summed E-state index contributed by atoms with van der Waals surface area (Å²) < 4.78 is 6.61. The van der Waals surface area contributed by atoms with Gasteiger partial charge in [0.2, 0.25) is 5.78 Å². The second-order valence-corrected chi connectivity index (χ2v) is 8.24. The van der Waals surface area contributed by atoms with Crippen molar-refractivity contribution in [1.82, 2.24) is 23.1 Å². The standard InChI is InChI=1S/C25H25N5O2/c1-6-19-20(17-10-8-7-9-11-17)29(18-13-12-15(2)16(3)14-18)24-26-22-21(30(19)24)23(31)28(5)25(32)27(22)4/h7-14H,6H2,1-5H3. The molecule has 5 rings (SSSR count). The zero-order chi connectivity index (χ0) is 22.7. The van der Waals surface area contributed by atoms with Crippen LogP contribution in [0.4, 0.5) is 0 Å². The Morgan fingerprint density at radius 3 is 2.28 bits per heavy atom. The SMILES string of the molecule is CCc1c(-c2ccccc2)n(-c2ccc(C)c(C)c2)c2nc3c(c(=O)n(C)c(=O)n3C)n12. The number of nitrogens with zero attached hydrogens (tertiary/aromatic N) is 5. The van der Waals surface area contributed by atoms with E-state index in [1.807, 2.05) is 22.6 Å². The van der Waals surface area contributed by atoms with Gasteiger partial charge in [0, 0.05) is 25.3 Å². The van der Waals surface area contributed by atoms with Crippen molar-refractivity contribution in [2.45, 2.75) is 27.2 Å². The van der Waals surface area contributed by atoms with E-state index >= 15 is 0 Å². The van der Waals surface area contributed by atoms with Gasteiger partial charge in [0.1, 0.15) is 0 Å². The average molecular weight is 428 g/mol. The van der Waals surface area contributed by atoms with Crippen molar-refractivity contribution < 1.29 is 0 Å². The van der Waals surface area contributed by atoms with E-state index in [4.69, 9.17) is 4.98 Å². The third kappa shape index (κ3) is 2.64. The molecule has 0 unspecified atom stereocenters. The third-order valence-corrected chi connectivity index (χ3v) is 6.34. The van der Waals surface area contributed by atoms with Crippen LogP contribution in [-0.4, -0.2) is 23.1 Å². The first-order chi connectivity index (χ1) is 15.3. The summed E-state index contributed by atoms with van der Waals surface area (Å²) >= 11 is 0. The molecule has 7 nitrogen and oxygen atoms in total. The first kappa shape index (κ1) is 20.1. The molecule has 7 heteroatoms. The summed E-state index contributed by atoms with van der Waals surface area (Å²) in [4.78, 5) is 30.6. The minimum absolute atomic E-state index is 0.345. The molecule has 3 aromatic heterocycles. The largest absolute Gasteiger partial charge is 0.332 e. The number of aryl methyl sites for hydroxylation is 4. The molecule has 0 radical (unpaired) electrons. The van der Waals surface area contributed by atoms with Gasteiger partial charge in [-0.25, -0.2) is 4.79 Å². The van der Waals surface area contributed by atoms with Gasteiger partial charge in [-0.1, -0.05) is 43.3 Å². The number of benzene rings is 2. The summed E-state index contributed by atoms with van der Waals surface area (Å²) in [5.41, 5.74) is 6.44. The van der Waals surface area contributed by atoms with E-state index in [0.29, 0.717) is 23.4 Å². The monoisotopic (exact) mass is 427 g/mol. The van der Waals surface area contributed by atoms with Crippen LogP contribution in [0.3, 0.4) is 0 Å². The molecule has 0 saturated heterocycles. The fourth-order valence-electron chi connectivity index (χ4n) is 4.45. The van der Waals surface area contributed by atoms with E-state index in [-0.39, 0.29) is 11.2 Å². The van der Waals surface area contributed by atoms with Gasteiger partial charge in [0.15, 0.2) is 11.2 Å². The van der Waals surface area contributed by atoms with Gasteiger partial charge in [-0.05, 0) is 43.5 Å². The number of hydrogen-bond donors (Lipinski definition) is 0. The summed E-state index contributed by atoms with van der Waals surface area (Å²) in [6.07, 6.45) is 0.691. The highest BCUT2D eigenvalue weighted by atomic mass is 16.2. The Morgan fingerprint density at radius 1 is 0.906 bits per heavy atom. The second-order valence-electron chi connectivity index (χ2n) is 8.24. The number of rotatable bonds is 3. The summed E-state index contributed by atoms with van der Waals surface area (Å²) in [5.74, 6) is 0.622. The van der Waals surface area contributed by atoms with E-state index in [1.165, 1.54) is 22.7 Å². The quantitative estimate of drug-likeness (QED) is 0.443. The number of aromatic nitrogens is 5. The molecule has 0 saturated carbocycles. The highest BCUT2D eigenvalue weighted by Gasteiger charge is 2.26. The van der Waals surface area contributed by atoms with Crippen LogP contribution in [0.2, 0.25) is 0 Å². The molecular formula is C25H25N5O2. The van der Waals surface area contributed by atoms with Crippen molar-refractivity contribution in [3.05, 3.63) is 86.2 Å². The van der Waals surface area contributed by atoms with Gasteiger partial charge in [-0.2, -0.15) is 4.98 Å². The zero-order valence-corrected chi connectivity index (χ0v) is 18.9. The lowest BCUT2D eigenvalue weighted by atomic mass is 10.1. The van der Waals surface area contributed by atoms with Crippen LogP contribution in [-0.2, 0) is 20.5 Å². The predicted octanol–water partition coefficient (Wildman–Crippen LogP) is 3.52. The van der Waals surface area contributed by atoms with E-state index in [0.717, 1.165) is 27.2 Å². The average Bonchev–Trinajstić information content (AvgIpc) is 3.33. The highest BCUT2D eigenvalue weighted by molar-refractivity contribution is 5.81. The first-order valence-corrected chi connectivity index (χ1v) is 10.7. The van der Waals surface area contributed by atoms with Gasteiger partial charge in [0.25, 0.3) is 5.56 Å². The number of hydrogen-bond acceptors (Lipinski definition) is 3. The van der Waals surface area contributed by atoms with E-state index in [2.05, 4.69) is 55.7 Å². The van der Waals surface area contributed by atoms with Crippen LogP contribution in [0, 0.1) is 13.8 Å². The molecule has 0 amide bonds. The molecule has 162 valence electrons. The molecule has 0 spiro atoms. The van der Waals surface area contributed by atoms with Crippen molar-refractivity contribution in [3.8, 4) is 16.9 Å². The summed E-state index contributed by atoms with van der Waals surface area (Å²) in [6, 6.07) is 16.5. The molecule has 0 fully saturated rings. The van der Waals surface area contributed by atoms with Crippen LogP contribution in [0.5, 0.6) is 0 Å². The Morgan fingerprint density at radius 2 is 1.62 bits per heavy atom. The molecule has 0 atom stereocenters. The fourth-order valence-corrected chi connectivity index (χ4v) is 4.45. The normalized spacial score (nSPS) is 11.7. The van der Waals surface area contributed by atoms with E-state index in [1.54, 1.807) is 7.05 Å². The maximum atomic E-state index is 13.2. The lowest BCUT2D eigenvalue weighted by molar-refractivity contribution is 0.707. The topological polar surface area (TPSA) is 66.2 Å². The van der Waals surface area contributed by atoms with Crippen LogP contribution in [0.25, 0.3) is 33.9 Å². The smallest absolute Gasteiger partial charge is 0.279 e. The first-order valence-electron chi connectivity index (χ1n) is 10.7. The molecule has 3 heterocycles. The van der Waals surface area contributed by atoms with Gasteiger partial charge >= 0.3 is 5.69 Å². The fraction of sp³-hybridized carbons (Fsp3) is 0.240. The molecule has 0 aliphatic heterocycles. The van der Waals surface area contributed by atoms with Gasteiger partial charge in [-0.15, -0.1) is 0 Å². The van der Waals surface area contributed by atoms with E-state index in [9.17, 15) is 9.59 Å². The number of fused-ring (bicyclic) bond motifs is 3. The minimum Gasteiger partial charge on any atom is -0.279 e. The molecular weight excluding hydrogens is 402 g/mol. The van der Waals surface area contributed by atoms with Crippen molar-refractivity contribution in [1.29, 1.82) is 0 Å². The summed E-state index contributed by atoms with van der Waals surface area (Å²) in [7, 11) is 3.16. The maximum Gasteiger partial charge on any atom is 0.332 e. The third-order valence-electron chi connectivity index (χ3n) is 6.34. The lowest BCUT2D eigenvalue weighted by Gasteiger charge is -2.13. The van der Waals surface area contributed by atoms with Crippen LogP contribution in [0.15, 0.2) is 58.1 Å². The molecule has 2 aromatic carbocycles. The van der Waals surface area contributed by atoms with Crippen LogP contribution >= 0.6 is 0 Å². The van der Waals surface area contributed by atoms with Crippen molar-refractivity contribution in [2.75, 3.05) is 0 Å². The van der Waals surface area contributed by atoms with Crippen molar-refractivity contribution >= 4 is 16.9 Å². The predicted molar refractivity (Wildman–Crippen MR) is 127 cm³/mol. The minimum atomic E-state index is -0.387. The molecule has 0 N–H and O–H groups in total. The molecule has 5 aromatic rings. The van der Waals surface area contributed by atoms with Gasteiger partial charge < -0.3 is 0 Å². The summed E-state index contributed by atoms with van der Waals surface area (Å²) in [6.45, 7) is 6.25. The van der Waals surface area contributed by atoms with Gasteiger partial charge in [-0.3, -0.25) is 22.9 Å². The molecule has 0 bridgehead atoms. The Bertz CT molecular complexity index is 1630. The lowest BCUT2D eigenvalue weighted by Crippen LogP contribution is -2.37. The second kappa shape index (κ2) is 7.09. The van der Waals surface area contributed by atoms with Crippen molar-refractivity contribution in [2.24, 2.45) is 14.1 Å². The highest BCUT2D eigenvalue weighted by Crippen LogP contribution is 2.33. The Hall–Kier alpha value is -3.87.